The zero-order chi connectivity index (χ0) is 17.1. The first kappa shape index (κ1) is 17.6. The standard InChI is InChI=1S/C20H33N3O/c1-4-16-11-19(23-12-14(2)24-15(3)13-23)9-10-20(16)22-18-7-5-17(21)6-8-18/h9-11,14-15,17-18,22H,4-8,12-13,21H2,1-3H3/t14-,15+,17?,18?. The molecule has 4 nitrogen and oxygen atoms in total. The molecule has 2 aliphatic rings. The molecule has 0 radical (unpaired) electrons. The SMILES string of the molecule is CCc1cc(N2C[C@@H](C)O[C@@H](C)C2)ccc1NC1CCC(N)CC1. The summed E-state index contributed by atoms with van der Waals surface area (Å²) in [5.41, 5.74) is 10.1. The summed E-state index contributed by atoms with van der Waals surface area (Å²) < 4.78 is 5.86. The molecule has 1 saturated carbocycles. The lowest BCUT2D eigenvalue weighted by Gasteiger charge is -2.37. The van der Waals surface area contributed by atoms with E-state index < -0.39 is 0 Å². The molecule has 1 aliphatic heterocycles. The van der Waals surface area contributed by atoms with Crippen LogP contribution in [0.1, 0.15) is 52.0 Å². The Hall–Kier alpha value is -1.26. The molecule has 0 unspecified atom stereocenters. The van der Waals surface area contributed by atoms with E-state index in [9.17, 15) is 0 Å². The number of nitrogens with two attached hydrogens (primary N) is 1. The predicted octanol–water partition coefficient (Wildman–Crippen LogP) is 3.54. The van der Waals surface area contributed by atoms with Crippen molar-refractivity contribution in [2.75, 3.05) is 23.3 Å². The maximum atomic E-state index is 6.03. The number of nitrogens with zero attached hydrogens (tertiary/aromatic N) is 1. The largest absolute Gasteiger partial charge is 0.382 e. The summed E-state index contributed by atoms with van der Waals surface area (Å²) in [5.74, 6) is 0. The highest BCUT2D eigenvalue weighted by molar-refractivity contribution is 5.61. The molecule has 3 N–H and O–H groups in total. The summed E-state index contributed by atoms with van der Waals surface area (Å²) >= 11 is 0. The fraction of sp³-hybridized carbons (Fsp3) is 0.700. The number of nitrogens with one attached hydrogen (secondary N) is 1. The van der Waals surface area contributed by atoms with Gasteiger partial charge in [-0.25, -0.2) is 0 Å². The second kappa shape index (κ2) is 7.75. The van der Waals surface area contributed by atoms with Gasteiger partial charge in [0.2, 0.25) is 0 Å². The van der Waals surface area contributed by atoms with E-state index in [1.54, 1.807) is 0 Å². The first-order valence-corrected chi connectivity index (χ1v) is 9.60. The highest BCUT2D eigenvalue weighted by Gasteiger charge is 2.23. The Bertz CT molecular complexity index is 530. The molecule has 24 heavy (non-hydrogen) atoms. The maximum Gasteiger partial charge on any atom is 0.0726 e. The van der Waals surface area contributed by atoms with Crippen LogP contribution in [0.4, 0.5) is 11.4 Å². The summed E-state index contributed by atoms with van der Waals surface area (Å²) in [6.45, 7) is 8.51. The van der Waals surface area contributed by atoms with Crippen LogP contribution in [0.15, 0.2) is 18.2 Å². The summed E-state index contributed by atoms with van der Waals surface area (Å²) in [6.07, 6.45) is 6.29. The molecule has 0 spiro atoms. The zero-order valence-electron chi connectivity index (χ0n) is 15.4. The molecule has 0 amide bonds. The molecule has 1 saturated heterocycles. The molecule has 2 atom stereocenters. The topological polar surface area (TPSA) is 50.5 Å². The van der Waals surface area contributed by atoms with Gasteiger partial charge in [0.05, 0.1) is 12.2 Å². The van der Waals surface area contributed by atoms with Crippen LogP contribution in [0.2, 0.25) is 0 Å². The molecular weight excluding hydrogens is 298 g/mol. The van der Waals surface area contributed by atoms with Gasteiger partial charge in [-0.15, -0.1) is 0 Å². The van der Waals surface area contributed by atoms with E-state index in [0.29, 0.717) is 24.3 Å². The van der Waals surface area contributed by atoms with Crippen molar-refractivity contribution in [1.82, 2.24) is 0 Å². The smallest absolute Gasteiger partial charge is 0.0726 e. The molecule has 1 aromatic rings. The van der Waals surface area contributed by atoms with Gasteiger partial charge in [-0.2, -0.15) is 0 Å². The molecule has 1 heterocycles. The minimum Gasteiger partial charge on any atom is -0.382 e. The third kappa shape index (κ3) is 4.22. The molecule has 4 heteroatoms. The summed E-state index contributed by atoms with van der Waals surface area (Å²) in [4.78, 5) is 2.46. The number of ether oxygens (including phenoxy) is 1. The number of hydrogen-bond donors (Lipinski definition) is 2. The van der Waals surface area contributed by atoms with Crippen LogP contribution in [0.3, 0.4) is 0 Å². The molecule has 0 bridgehead atoms. The van der Waals surface area contributed by atoms with Gasteiger partial charge in [0, 0.05) is 36.5 Å². The van der Waals surface area contributed by atoms with Gasteiger partial charge < -0.3 is 20.7 Å². The van der Waals surface area contributed by atoms with Crippen LogP contribution in [-0.2, 0) is 11.2 Å². The second-order valence-electron chi connectivity index (χ2n) is 7.61. The first-order chi connectivity index (χ1) is 11.5. The first-order valence-electron chi connectivity index (χ1n) is 9.60. The minimum absolute atomic E-state index is 0.295. The Morgan fingerprint density at radius 1 is 1.12 bits per heavy atom. The zero-order valence-corrected chi connectivity index (χ0v) is 15.4. The van der Waals surface area contributed by atoms with Gasteiger partial charge in [0.15, 0.2) is 0 Å². The molecule has 1 aromatic carbocycles. The number of rotatable bonds is 4. The van der Waals surface area contributed by atoms with E-state index in [2.05, 4.69) is 49.2 Å². The van der Waals surface area contributed by atoms with Gasteiger partial charge in [-0.05, 0) is 69.7 Å². The Balaban J connectivity index is 1.71. The predicted molar refractivity (Wildman–Crippen MR) is 102 cm³/mol. The Morgan fingerprint density at radius 2 is 1.79 bits per heavy atom. The lowest BCUT2D eigenvalue weighted by atomic mass is 9.91. The molecule has 134 valence electrons. The van der Waals surface area contributed by atoms with E-state index >= 15 is 0 Å². The van der Waals surface area contributed by atoms with Crippen LogP contribution in [0.25, 0.3) is 0 Å². The van der Waals surface area contributed by atoms with Crippen molar-refractivity contribution < 1.29 is 4.74 Å². The van der Waals surface area contributed by atoms with Gasteiger partial charge in [0.1, 0.15) is 0 Å². The monoisotopic (exact) mass is 331 g/mol. The molecule has 0 aromatic heterocycles. The van der Waals surface area contributed by atoms with Crippen molar-refractivity contribution in [1.29, 1.82) is 0 Å². The van der Waals surface area contributed by atoms with E-state index in [0.717, 1.165) is 32.4 Å². The van der Waals surface area contributed by atoms with Crippen LogP contribution in [0, 0.1) is 0 Å². The van der Waals surface area contributed by atoms with E-state index in [-0.39, 0.29) is 0 Å². The fourth-order valence-electron chi connectivity index (χ4n) is 4.08. The third-order valence-electron chi connectivity index (χ3n) is 5.39. The average Bonchev–Trinajstić information content (AvgIpc) is 2.56. The fourth-order valence-corrected chi connectivity index (χ4v) is 4.08. The normalized spacial score (nSPS) is 31.1. The summed E-state index contributed by atoms with van der Waals surface area (Å²) in [6, 6.07) is 7.88. The number of morpholine rings is 1. The Labute approximate surface area is 146 Å². The maximum absolute atomic E-state index is 6.03. The number of aryl methyl sites for hydroxylation is 1. The third-order valence-corrected chi connectivity index (χ3v) is 5.39. The second-order valence-corrected chi connectivity index (χ2v) is 7.61. The van der Waals surface area contributed by atoms with E-state index in [1.807, 2.05) is 0 Å². The van der Waals surface area contributed by atoms with Gasteiger partial charge in [-0.3, -0.25) is 0 Å². The van der Waals surface area contributed by atoms with E-state index in [1.165, 1.54) is 29.8 Å². The highest BCUT2D eigenvalue weighted by atomic mass is 16.5. The van der Waals surface area contributed by atoms with Crippen molar-refractivity contribution in [3.05, 3.63) is 23.8 Å². The summed E-state index contributed by atoms with van der Waals surface area (Å²) in [5, 5.41) is 3.77. The van der Waals surface area contributed by atoms with Crippen molar-refractivity contribution >= 4 is 11.4 Å². The lowest BCUT2D eigenvalue weighted by Crippen LogP contribution is -2.45. The van der Waals surface area contributed by atoms with E-state index in [4.69, 9.17) is 10.5 Å². The quantitative estimate of drug-likeness (QED) is 0.886. The highest BCUT2D eigenvalue weighted by Crippen LogP contribution is 2.29. The van der Waals surface area contributed by atoms with Gasteiger partial charge in [0.25, 0.3) is 0 Å². The minimum atomic E-state index is 0.295. The van der Waals surface area contributed by atoms with Gasteiger partial charge in [-0.1, -0.05) is 6.92 Å². The molecule has 3 rings (SSSR count). The summed E-state index contributed by atoms with van der Waals surface area (Å²) in [7, 11) is 0. The van der Waals surface area contributed by atoms with Crippen LogP contribution < -0.4 is 16.0 Å². The van der Waals surface area contributed by atoms with Crippen LogP contribution in [-0.4, -0.2) is 37.4 Å². The van der Waals surface area contributed by atoms with Gasteiger partial charge >= 0.3 is 0 Å². The lowest BCUT2D eigenvalue weighted by molar-refractivity contribution is -0.00521. The Morgan fingerprint density at radius 3 is 2.42 bits per heavy atom. The Kier molecular flexibility index (Phi) is 5.67. The number of hydrogen-bond acceptors (Lipinski definition) is 4. The van der Waals surface area contributed by atoms with Crippen molar-refractivity contribution in [2.45, 2.75) is 77.2 Å². The molecule has 1 aliphatic carbocycles. The van der Waals surface area contributed by atoms with Crippen molar-refractivity contribution in [3.8, 4) is 0 Å². The molecule has 2 fully saturated rings. The number of anilines is 2. The van der Waals surface area contributed by atoms with Crippen molar-refractivity contribution in [2.24, 2.45) is 5.73 Å². The van der Waals surface area contributed by atoms with Crippen molar-refractivity contribution in [3.63, 3.8) is 0 Å². The van der Waals surface area contributed by atoms with Crippen LogP contribution >= 0.6 is 0 Å². The average molecular weight is 332 g/mol. The van der Waals surface area contributed by atoms with Crippen LogP contribution in [0.5, 0.6) is 0 Å². The number of benzene rings is 1. The molecular formula is C20H33N3O.